The van der Waals surface area contributed by atoms with Gasteiger partial charge in [0.1, 0.15) is 0 Å². The molecule has 0 spiro atoms. The number of piperidine rings is 1. The van der Waals surface area contributed by atoms with Crippen molar-refractivity contribution in [2.75, 3.05) is 24.6 Å². The van der Waals surface area contributed by atoms with E-state index in [-0.39, 0.29) is 24.2 Å². The molecule has 0 radical (unpaired) electrons. The van der Waals surface area contributed by atoms with Crippen molar-refractivity contribution < 1.29 is 4.79 Å². The van der Waals surface area contributed by atoms with Crippen LogP contribution in [0, 0.1) is 5.92 Å². The Morgan fingerprint density at radius 1 is 1.47 bits per heavy atom. The second-order valence-corrected chi connectivity index (χ2v) is 5.81. The number of amides is 1. The van der Waals surface area contributed by atoms with E-state index >= 15 is 0 Å². The van der Waals surface area contributed by atoms with Gasteiger partial charge in [0.25, 0.3) is 0 Å². The zero-order chi connectivity index (χ0) is 11.8. The van der Waals surface area contributed by atoms with Gasteiger partial charge in [0, 0.05) is 12.0 Å². The topological polar surface area (TPSA) is 41.1 Å². The van der Waals surface area contributed by atoms with E-state index in [1.807, 2.05) is 11.8 Å². The average Bonchev–Trinajstić information content (AvgIpc) is 2.30. The molecule has 1 saturated heterocycles. The van der Waals surface area contributed by atoms with Crippen molar-refractivity contribution in [1.29, 1.82) is 0 Å². The first-order valence-electron chi connectivity index (χ1n) is 6.33. The Bertz CT molecular complexity index is 211. The SMILES string of the molecule is CCSCCC(C)NC(=O)C1CCNCC1.Cl. The molecule has 0 aromatic heterocycles. The number of thioether (sulfide) groups is 1. The quantitative estimate of drug-likeness (QED) is 0.732. The average molecular weight is 281 g/mol. The van der Waals surface area contributed by atoms with Crippen LogP contribution >= 0.6 is 24.2 Å². The van der Waals surface area contributed by atoms with E-state index < -0.39 is 0 Å². The zero-order valence-electron chi connectivity index (χ0n) is 10.8. The maximum atomic E-state index is 11.9. The minimum absolute atomic E-state index is 0. The van der Waals surface area contributed by atoms with Gasteiger partial charge in [0.05, 0.1) is 0 Å². The second-order valence-electron chi connectivity index (χ2n) is 4.42. The Kier molecular flexibility index (Phi) is 10.1. The summed E-state index contributed by atoms with van der Waals surface area (Å²) < 4.78 is 0. The zero-order valence-corrected chi connectivity index (χ0v) is 12.5. The molecule has 17 heavy (non-hydrogen) atoms. The monoisotopic (exact) mass is 280 g/mol. The highest BCUT2D eigenvalue weighted by Gasteiger charge is 2.21. The third kappa shape index (κ3) is 7.17. The van der Waals surface area contributed by atoms with Crippen molar-refractivity contribution >= 4 is 30.1 Å². The fourth-order valence-corrected chi connectivity index (χ4v) is 2.73. The van der Waals surface area contributed by atoms with E-state index in [1.54, 1.807) is 0 Å². The molecule has 5 heteroatoms. The Labute approximate surface area is 115 Å². The van der Waals surface area contributed by atoms with Crippen molar-refractivity contribution in [3.8, 4) is 0 Å². The van der Waals surface area contributed by atoms with E-state index in [4.69, 9.17) is 0 Å². The molecule has 3 nitrogen and oxygen atoms in total. The normalized spacial score (nSPS) is 18.2. The molecule has 0 aliphatic carbocycles. The summed E-state index contributed by atoms with van der Waals surface area (Å²) >= 11 is 1.94. The molecule has 0 saturated carbocycles. The number of carbonyl (C=O) groups is 1. The standard InChI is InChI=1S/C12H24N2OS.ClH/c1-3-16-9-6-10(2)14-12(15)11-4-7-13-8-5-11;/h10-11,13H,3-9H2,1-2H3,(H,14,15);1H. The Balaban J connectivity index is 0.00000256. The molecule has 0 bridgehead atoms. The number of halogens is 1. The van der Waals surface area contributed by atoms with E-state index in [1.165, 1.54) is 0 Å². The fourth-order valence-electron chi connectivity index (χ4n) is 1.92. The number of hydrogen-bond donors (Lipinski definition) is 2. The van der Waals surface area contributed by atoms with Crippen molar-refractivity contribution in [3.05, 3.63) is 0 Å². The maximum absolute atomic E-state index is 11.9. The van der Waals surface area contributed by atoms with Gasteiger partial charge in [-0.3, -0.25) is 4.79 Å². The summed E-state index contributed by atoms with van der Waals surface area (Å²) in [6, 6.07) is 0.321. The first-order valence-corrected chi connectivity index (χ1v) is 7.48. The number of hydrogen-bond acceptors (Lipinski definition) is 3. The molecule has 1 heterocycles. The lowest BCUT2D eigenvalue weighted by Crippen LogP contribution is -2.41. The third-order valence-corrected chi connectivity index (χ3v) is 3.93. The summed E-state index contributed by atoms with van der Waals surface area (Å²) in [5.74, 6) is 2.80. The van der Waals surface area contributed by atoms with Gasteiger partial charge < -0.3 is 10.6 Å². The molecule has 1 atom stereocenters. The van der Waals surface area contributed by atoms with Gasteiger partial charge in [-0.25, -0.2) is 0 Å². The largest absolute Gasteiger partial charge is 0.353 e. The predicted octanol–water partition coefficient (Wildman–Crippen LogP) is 2.06. The second kappa shape index (κ2) is 10.0. The van der Waals surface area contributed by atoms with Crippen LogP contribution in [0.4, 0.5) is 0 Å². The Morgan fingerprint density at radius 2 is 2.12 bits per heavy atom. The molecule has 1 rings (SSSR count). The van der Waals surface area contributed by atoms with Crippen molar-refractivity contribution in [2.45, 2.75) is 39.2 Å². The number of rotatable bonds is 6. The third-order valence-electron chi connectivity index (χ3n) is 3.00. The van der Waals surface area contributed by atoms with Gasteiger partial charge in [-0.1, -0.05) is 6.92 Å². The molecule has 1 fully saturated rings. The van der Waals surface area contributed by atoms with Crippen LogP contribution in [-0.2, 0) is 4.79 Å². The van der Waals surface area contributed by atoms with Gasteiger partial charge in [0.2, 0.25) is 5.91 Å². The molecule has 1 aliphatic rings. The van der Waals surface area contributed by atoms with E-state index in [0.717, 1.165) is 43.9 Å². The number of nitrogens with one attached hydrogen (secondary N) is 2. The molecule has 0 aromatic rings. The minimum Gasteiger partial charge on any atom is -0.353 e. The summed E-state index contributed by atoms with van der Waals surface area (Å²) in [7, 11) is 0. The van der Waals surface area contributed by atoms with Gasteiger partial charge >= 0.3 is 0 Å². The first-order chi connectivity index (χ1) is 7.74. The smallest absolute Gasteiger partial charge is 0.223 e. The molecule has 1 unspecified atom stereocenters. The van der Waals surface area contributed by atoms with Crippen LogP contribution in [0.15, 0.2) is 0 Å². The van der Waals surface area contributed by atoms with E-state index in [2.05, 4.69) is 24.5 Å². The van der Waals surface area contributed by atoms with Gasteiger partial charge in [-0.05, 0) is 50.8 Å². The molecule has 0 aromatic carbocycles. The predicted molar refractivity (Wildman–Crippen MR) is 78.1 cm³/mol. The summed E-state index contributed by atoms with van der Waals surface area (Å²) in [6.07, 6.45) is 3.06. The molecule has 2 N–H and O–H groups in total. The molecule has 1 amide bonds. The maximum Gasteiger partial charge on any atom is 0.223 e. The first kappa shape index (κ1) is 17.1. The highest BCUT2D eigenvalue weighted by molar-refractivity contribution is 7.99. The van der Waals surface area contributed by atoms with Crippen molar-refractivity contribution in [2.24, 2.45) is 5.92 Å². The molecule has 1 aliphatic heterocycles. The molecular weight excluding hydrogens is 256 g/mol. The van der Waals surface area contributed by atoms with E-state index in [9.17, 15) is 4.79 Å². The summed E-state index contributed by atoms with van der Waals surface area (Å²) in [6.45, 7) is 6.24. The minimum atomic E-state index is 0. The Hall–Kier alpha value is 0.0700. The van der Waals surface area contributed by atoms with Gasteiger partial charge in [-0.2, -0.15) is 11.8 Å². The van der Waals surface area contributed by atoms with Crippen LogP contribution in [-0.4, -0.2) is 36.5 Å². The summed E-state index contributed by atoms with van der Waals surface area (Å²) in [5.41, 5.74) is 0. The highest BCUT2D eigenvalue weighted by Crippen LogP contribution is 2.12. The fraction of sp³-hybridized carbons (Fsp3) is 0.917. The van der Waals surface area contributed by atoms with Crippen LogP contribution in [0.1, 0.15) is 33.1 Å². The highest BCUT2D eigenvalue weighted by atomic mass is 35.5. The van der Waals surface area contributed by atoms with Crippen LogP contribution in [0.5, 0.6) is 0 Å². The van der Waals surface area contributed by atoms with Crippen molar-refractivity contribution in [1.82, 2.24) is 10.6 Å². The summed E-state index contributed by atoms with van der Waals surface area (Å²) in [4.78, 5) is 11.9. The van der Waals surface area contributed by atoms with Gasteiger partial charge in [0.15, 0.2) is 0 Å². The lowest BCUT2D eigenvalue weighted by Gasteiger charge is -2.23. The van der Waals surface area contributed by atoms with Crippen molar-refractivity contribution in [3.63, 3.8) is 0 Å². The lowest BCUT2D eigenvalue weighted by atomic mass is 9.97. The molecule has 102 valence electrons. The number of carbonyl (C=O) groups excluding carboxylic acids is 1. The van der Waals surface area contributed by atoms with E-state index in [0.29, 0.717) is 6.04 Å². The van der Waals surface area contributed by atoms with Crippen LogP contribution in [0.3, 0.4) is 0 Å². The molecular formula is C12H25ClN2OS. The van der Waals surface area contributed by atoms with Crippen LogP contribution in [0.25, 0.3) is 0 Å². The van der Waals surface area contributed by atoms with Crippen LogP contribution < -0.4 is 10.6 Å². The summed E-state index contributed by atoms with van der Waals surface area (Å²) in [5, 5.41) is 6.41. The van der Waals surface area contributed by atoms with Gasteiger partial charge in [-0.15, -0.1) is 12.4 Å². The van der Waals surface area contributed by atoms with Crippen LogP contribution in [0.2, 0.25) is 0 Å². The lowest BCUT2D eigenvalue weighted by molar-refractivity contribution is -0.126. The Morgan fingerprint density at radius 3 is 2.71 bits per heavy atom.